The zero-order valence-electron chi connectivity index (χ0n) is 67.8. The molecule has 0 bridgehead atoms. The van der Waals surface area contributed by atoms with E-state index in [0.29, 0.717) is 59.2 Å². The van der Waals surface area contributed by atoms with Crippen LogP contribution >= 0.6 is 0 Å². The summed E-state index contributed by atoms with van der Waals surface area (Å²) in [6.07, 6.45) is 2.64. The molecule has 1 aliphatic heterocycles. The minimum atomic E-state index is -1.78. The van der Waals surface area contributed by atoms with E-state index in [9.17, 15) is 63.9 Å². The van der Waals surface area contributed by atoms with Crippen LogP contribution in [0.3, 0.4) is 0 Å². The van der Waals surface area contributed by atoms with Gasteiger partial charge in [-0.1, -0.05) is 97.1 Å². The van der Waals surface area contributed by atoms with Gasteiger partial charge in [-0.25, -0.2) is 9.78 Å². The van der Waals surface area contributed by atoms with Crippen molar-refractivity contribution in [3.8, 4) is 17.2 Å². The van der Waals surface area contributed by atoms with Gasteiger partial charge in [0.1, 0.15) is 83.7 Å². The van der Waals surface area contributed by atoms with Crippen molar-refractivity contribution in [2.75, 3.05) is 32.7 Å². The lowest BCUT2D eigenvalue weighted by Gasteiger charge is -2.31. The lowest BCUT2D eigenvalue weighted by Crippen LogP contribution is -2.61. The average molecular weight is 1690 g/mol. The van der Waals surface area contributed by atoms with Crippen LogP contribution in [0.1, 0.15) is 123 Å². The number of aromatic hydroxyl groups is 3. The number of hydrogen-bond acceptors (Lipinski definition) is 22. The summed E-state index contributed by atoms with van der Waals surface area (Å²) in [5.74, 6) is -13.5. The highest BCUT2D eigenvalue weighted by molar-refractivity contribution is 6.00. The second-order valence-corrected chi connectivity index (χ2v) is 29.9. The molecule has 38 heteroatoms. The minimum absolute atomic E-state index is 0.0127. The zero-order valence-corrected chi connectivity index (χ0v) is 67.8. The predicted molar refractivity (Wildman–Crippen MR) is 448 cm³/mol. The number of likely N-dealkylation sites (tertiary alicyclic amines) is 1. The van der Waals surface area contributed by atoms with Gasteiger partial charge in [-0.15, -0.1) is 0 Å². The standard InChI is InChI=1S/C84H114N20O18/c85-36-10-7-19-60(95-76(114)64(42-50-15-3-1-4-16-50)100-77(115)65(43-53-26-32-57(106)33-27-53)99-74(112)61(20-8-11-37-86)96-80(118)68(47-71(108)109)98-72(110)59(88)41-52-24-30-56(105)31-25-52)73(111)94-62(22-13-39-92-84(89)90)75(113)103-69(45-51-17-5-2-6-18-51)82(120)104-40-14-23-70(104)81(119)102-66(44-54-28-34-58(107)35-29-54)78(116)101-67(46-55-48-91-49-93-55)79(117)97-63(83(121)122)21-9-12-38-87/h1-6,15-18,24-35,48-49,59-70,105-107H,7-14,19-23,36-47,85-88H2,(H,91,93)(H,94,111)(H,95,114)(H,96,118)(H,97,117)(H,98,110)(H,99,112)(H,100,115)(H,101,116)(H,102,119)(H,103,113)(H,108,109)(H,121,122)(H4,89,90,92)/t59-,60+,61+,62+,63-,64-,65-,66+,67-,68-,69-,70-/m0/s1. The van der Waals surface area contributed by atoms with E-state index in [2.05, 4.69) is 68.5 Å². The van der Waals surface area contributed by atoms with Crippen molar-refractivity contribution in [2.45, 2.75) is 201 Å². The van der Waals surface area contributed by atoms with Crippen LogP contribution in [0.5, 0.6) is 17.2 Å². The largest absolute Gasteiger partial charge is 0.508 e. The number of benzene rings is 5. The lowest BCUT2D eigenvalue weighted by atomic mass is 10.0. The molecule has 2 heterocycles. The Hall–Kier alpha value is -13.1. The van der Waals surface area contributed by atoms with E-state index in [1.807, 2.05) is 0 Å². The second kappa shape index (κ2) is 50.1. The Kier molecular flexibility index (Phi) is 39.5. The molecular weight excluding hydrogens is 1580 g/mol. The van der Waals surface area contributed by atoms with E-state index in [1.165, 1.54) is 90.2 Å². The van der Waals surface area contributed by atoms with E-state index in [1.54, 1.807) is 60.7 Å². The first-order valence-electron chi connectivity index (χ1n) is 40.6. The first-order valence-corrected chi connectivity index (χ1v) is 40.6. The van der Waals surface area contributed by atoms with Gasteiger partial charge in [0.25, 0.3) is 0 Å². The number of guanidine groups is 1. The molecule has 1 saturated heterocycles. The number of rotatable bonds is 52. The van der Waals surface area contributed by atoms with Gasteiger partial charge in [0.05, 0.1) is 24.5 Å². The van der Waals surface area contributed by atoms with Crippen LogP contribution in [0.25, 0.3) is 0 Å². The summed E-state index contributed by atoms with van der Waals surface area (Å²) in [5, 5.41) is 87.4. The number of aromatic nitrogens is 2. The normalized spacial score (nSPS) is 15.0. The molecule has 1 aliphatic rings. The maximum Gasteiger partial charge on any atom is 0.326 e. The van der Waals surface area contributed by atoms with Gasteiger partial charge in [-0.3, -0.25) is 62.9 Å². The number of phenolic OH excluding ortho intramolecular Hbond substituents is 3. The Morgan fingerprint density at radius 2 is 0.779 bits per heavy atom. The van der Waals surface area contributed by atoms with Crippen molar-refractivity contribution in [2.24, 2.45) is 28.7 Å². The van der Waals surface area contributed by atoms with Gasteiger partial charge in [0, 0.05) is 51.4 Å². The van der Waals surface area contributed by atoms with Gasteiger partial charge in [-0.2, -0.15) is 0 Å². The topological polar surface area (TPSA) is 641 Å². The molecule has 38 nitrogen and oxygen atoms in total. The number of carbonyl (C=O) groups is 13. The van der Waals surface area contributed by atoms with Crippen molar-refractivity contribution in [1.82, 2.24) is 73.4 Å². The summed E-state index contributed by atoms with van der Waals surface area (Å²) in [4.78, 5) is 195. The molecule has 1 aromatic heterocycles. The number of carboxylic acid groups (broad SMARTS) is 2. The number of nitrogens with two attached hydrogens (primary N) is 5. The Bertz CT molecular complexity index is 4420. The molecule has 5 aromatic carbocycles. The Morgan fingerprint density at radius 3 is 1.19 bits per heavy atom. The Labute approximate surface area is 705 Å². The van der Waals surface area contributed by atoms with Crippen LogP contribution in [0.2, 0.25) is 0 Å². The molecule has 122 heavy (non-hydrogen) atoms. The van der Waals surface area contributed by atoms with Crippen LogP contribution in [0, 0.1) is 5.41 Å². The summed E-state index contributed by atoms with van der Waals surface area (Å²) in [6.45, 7) is 0.588. The highest BCUT2D eigenvalue weighted by atomic mass is 16.4. The van der Waals surface area contributed by atoms with Gasteiger partial charge >= 0.3 is 11.9 Å². The van der Waals surface area contributed by atoms with Crippen molar-refractivity contribution < 1.29 is 87.9 Å². The quantitative estimate of drug-likeness (QED) is 0.0119. The number of aromatic amines is 1. The molecule has 6 aromatic rings. The van der Waals surface area contributed by atoms with E-state index in [-0.39, 0.29) is 146 Å². The number of aliphatic carboxylic acids is 2. The fourth-order valence-corrected chi connectivity index (χ4v) is 13.7. The van der Waals surface area contributed by atoms with Gasteiger partial charge in [-0.05, 0) is 174 Å². The lowest BCUT2D eigenvalue weighted by molar-refractivity contribution is -0.143. The van der Waals surface area contributed by atoms with Crippen molar-refractivity contribution in [3.63, 3.8) is 0 Å². The van der Waals surface area contributed by atoms with Crippen molar-refractivity contribution >= 4 is 82.9 Å². The maximum atomic E-state index is 15.4. The molecule has 12 atom stereocenters. The third-order valence-corrected chi connectivity index (χ3v) is 20.4. The minimum Gasteiger partial charge on any atom is -0.508 e. The second-order valence-electron chi connectivity index (χ2n) is 29.9. The number of unbranched alkanes of at least 4 members (excludes halogenated alkanes) is 3. The van der Waals surface area contributed by atoms with E-state index in [0.717, 1.165) is 0 Å². The summed E-state index contributed by atoms with van der Waals surface area (Å²) < 4.78 is 0. The number of H-pyrrole nitrogens is 1. The maximum absolute atomic E-state index is 15.4. The molecule has 1 fully saturated rings. The highest BCUT2D eigenvalue weighted by Gasteiger charge is 2.42. The number of carbonyl (C=O) groups excluding carboxylic acids is 11. The van der Waals surface area contributed by atoms with Gasteiger partial charge in [0.15, 0.2) is 5.96 Å². The van der Waals surface area contributed by atoms with Crippen molar-refractivity contribution in [3.05, 3.63) is 179 Å². The fourth-order valence-electron chi connectivity index (χ4n) is 13.7. The van der Waals surface area contributed by atoms with Crippen LogP contribution in [0.4, 0.5) is 0 Å². The van der Waals surface area contributed by atoms with Crippen LogP contribution in [0.15, 0.2) is 146 Å². The molecule has 0 saturated carbocycles. The van der Waals surface area contributed by atoms with E-state index < -0.39 is 162 Å². The third kappa shape index (κ3) is 32.6. The summed E-state index contributed by atoms with van der Waals surface area (Å²) >= 11 is 0. The Morgan fingerprint density at radius 1 is 0.426 bits per heavy atom. The molecule has 11 amide bonds. The molecule has 0 spiro atoms. The van der Waals surface area contributed by atoms with E-state index >= 15 is 24.0 Å². The third-order valence-electron chi connectivity index (χ3n) is 20.4. The predicted octanol–water partition coefficient (Wildman–Crippen LogP) is -1.34. The monoisotopic (exact) mass is 1690 g/mol. The van der Waals surface area contributed by atoms with Crippen LogP contribution in [-0.4, -0.2) is 229 Å². The summed E-state index contributed by atoms with van der Waals surface area (Å²) in [5.41, 5.74) is 32.1. The molecule has 0 unspecified atom stereocenters. The Balaban J connectivity index is 1.15. The number of phenols is 3. The fraction of sp³-hybridized carbons (Fsp3) is 0.440. The molecule has 0 aliphatic carbocycles. The molecular formula is C84H114N20O18. The van der Waals surface area contributed by atoms with Crippen LogP contribution in [-0.2, 0) is 101 Å². The molecule has 28 N–H and O–H groups in total. The van der Waals surface area contributed by atoms with Gasteiger partial charge in [0.2, 0.25) is 65.0 Å². The first kappa shape index (κ1) is 96.1. The average Bonchev–Trinajstić information content (AvgIpc) is 1.61. The number of imidazole rings is 1. The summed E-state index contributed by atoms with van der Waals surface area (Å²) in [7, 11) is 0. The van der Waals surface area contributed by atoms with Crippen LogP contribution < -0.4 is 87.2 Å². The smallest absolute Gasteiger partial charge is 0.326 e. The number of carboxylic acids is 2. The SMILES string of the molecule is N=C(N)NCCC[C@@H](NC(=O)[C@@H](CCCCN)NC(=O)[C@H](Cc1ccccc1)NC(=O)[C@H](Cc1ccc(O)cc1)NC(=O)[C@@H](CCCCN)NC(=O)[C@H](CC(=O)O)NC(=O)[C@@H](N)Cc1ccc(O)cc1)C(=O)N[C@@H](Cc1ccccc1)C(=O)N1CCC[C@H]1C(=O)N[C@H](Cc1ccc(O)cc1)C(=O)N[C@@H](Cc1c[nH]cn1)C(=O)N[C@@H](CCCCN)C(=O)O. The first-order chi connectivity index (χ1) is 58.5. The molecule has 7 rings (SSSR count). The van der Waals surface area contributed by atoms with Gasteiger partial charge < -0.3 is 123 Å². The molecule has 658 valence electrons. The number of nitrogens with zero attached hydrogens (tertiary/aromatic N) is 2. The number of amides is 11. The van der Waals surface area contributed by atoms with Crippen molar-refractivity contribution in [1.29, 1.82) is 5.41 Å². The number of hydrogen-bond donors (Lipinski definition) is 23. The van der Waals surface area contributed by atoms with E-state index in [4.69, 9.17) is 34.1 Å². The highest BCUT2D eigenvalue weighted by Crippen LogP contribution is 2.23. The number of nitrogens with one attached hydrogen (secondary N) is 13. The zero-order chi connectivity index (χ0) is 88.6. The summed E-state index contributed by atoms with van der Waals surface area (Å²) in [6, 6.07) is 16.3. The molecule has 0 radical (unpaired) electrons.